The molecule has 2 aromatic rings. The van der Waals surface area contributed by atoms with Gasteiger partial charge in [0.25, 0.3) is 0 Å². The van der Waals surface area contributed by atoms with E-state index in [-0.39, 0.29) is 18.7 Å². The average molecular weight is 433 g/mol. The lowest BCUT2D eigenvalue weighted by molar-refractivity contribution is -0.188. The smallest absolute Gasteiger partial charge is 0.508 e. The summed E-state index contributed by atoms with van der Waals surface area (Å²) < 4.78 is 18.5. The van der Waals surface area contributed by atoms with Crippen LogP contribution >= 0.6 is 0 Å². The quantitative estimate of drug-likeness (QED) is 0.490. The van der Waals surface area contributed by atoms with Gasteiger partial charge in [-0.05, 0) is 81.1 Å². The molecule has 0 amide bonds. The fraction of sp³-hybridized carbons (Fsp3) is 0.391. The Morgan fingerprint density at radius 1 is 1.10 bits per heavy atom. The Bertz CT molecular complexity index is 913. The van der Waals surface area contributed by atoms with E-state index >= 15 is 0 Å². The molecule has 2 N–H and O–H groups in total. The second kappa shape index (κ2) is 9.78. The van der Waals surface area contributed by atoms with E-state index in [1.54, 1.807) is 46.8 Å². The molecular formula is C23H28FNO6. The number of benzene rings is 2. The van der Waals surface area contributed by atoms with Crippen LogP contribution in [0, 0.1) is 19.7 Å². The van der Waals surface area contributed by atoms with Gasteiger partial charge in [0.1, 0.15) is 23.2 Å². The van der Waals surface area contributed by atoms with Gasteiger partial charge in [0.05, 0.1) is 6.54 Å². The SMILES string of the molecule is Cc1cc(O)cc(C)c1CC(C(=O)O)N(Cc1ccc(F)cc1)OC(=O)OC(C)(C)C. The zero-order valence-electron chi connectivity index (χ0n) is 18.3. The highest BCUT2D eigenvalue weighted by Crippen LogP contribution is 2.24. The number of phenolic OH excluding ortho intramolecular Hbond substituents is 1. The highest BCUT2D eigenvalue weighted by Gasteiger charge is 2.32. The van der Waals surface area contributed by atoms with E-state index in [2.05, 4.69) is 0 Å². The Kier molecular flexibility index (Phi) is 7.62. The minimum atomic E-state index is -1.25. The first-order chi connectivity index (χ1) is 14.4. The summed E-state index contributed by atoms with van der Waals surface area (Å²) in [6.45, 7) is 8.43. The number of carboxylic acid groups (broad SMARTS) is 1. The third-order valence-corrected chi connectivity index (χ3v) is 4.54. The lowest BCUT2D eigenvalue weighted by Crippen LogP contribution is -2.44. The van der Waals surface area contributed by atoms with Crippen molar-refractivity contribution in [2.45, 2.75) is 59.2 Å². The zero-order chi connectivity index (χ0) is 23.3. The lowest BCUT2D eigenvalue weighted by atomic mass is 9.95. The Hall–Kier alpha value is -3.13. The van der Waals surface area contributed by atoms with Gasteiger partial charge in [-0.2, -0.15) is 0 Å². The molecule has 1 atom stereocenters. The molecule has 7 nitrogen and oxygen atoms in total. The standard InChI is InChI=1S/C23H28FNO6/c1-14-10-18(26)11-15(2)19(14)12-20(21(27)28)25(31-22(29)30-23(3,4)5)13-16-6-8-17(24)9-7-16/h6-11,20,26H,12-13H2,1-5H3,(H,27,28). The van der Waals surface area contributed by atoms with Gasteiger partial charge in [0, 0.05) is 6.42 Å². The zero-order valence-corrected chi connectivity index (χ0v) is 18.3. The van der Waals surface area contributed by atoms with Gasteiger partial charge >= 0.3 is 12.1 Å². The fourth-order valence-electron chi connectivity index (χ4n) is 3.14. The normalized spacial score (nSPS) is 12.5. The van der Waals surface area contributed by atoms with Crippen LogP contribution in [0.2, 0.25) is 0 Å². The van der Waals surface area contributed by atoms with Crippen molar-refractivity contribution in [3.63, 3.8) is 0 Å². The van der Waals surface area contributed by atoms with Crippen molar-refractivity contribution < 1.29 is 33.8 Å². The molecule has 0 fully saturated rings. The van der Waals surface area contributed by atoms with Crippen molar-refractivity contribution in [1.82, 2.24) is 5.06 Å². The molecular weight excluding hydrogens is 405 g/mol. The predicted octanol–water partition coefficient (Wildman–Crippen LogP) is 4.51. The molecule has 0 heterocycles. The van der Waals surface area contributed by atoms with Crippen molar-refractivity contribution in [2.75, 3.05) is 0 Å². The number of aromatic hydroxyl groups is 1. The first-order valence-electron chi connectivity index (χ1n) is 9.79. The summed E-state index contributed by atoms with van der Waals surface area (Å²) in [5.74, 6) is -1.56. The molecule has 2 aromatic carbocycles. The van der Waals surface area contributed by atoms with Gasteiger partial charge in [0.15, 0.2) is 0 Å². The number of carboxylic acids is 1. The highest BCUT2D eigenvalue weighted by atomic mass is 19.1. The van der Waals surface area contributed by atoms with Crippen molar-refractivity contribution in [3.8, 4) is 5.75 Å². The van der Waals surface area contributed by atoms with Crippen LogP contribution in [0.15, 0.2) is 36.4 Å². The van der Waals surface area contributed by atoms with E-state index in [0.29, 0.717) is 22.3 Å². The molecule has 168 valence electrons. The van der Waals surface area contributed by atoms with Crippen LogP contribution in [-0.2, 0) is 27.3 Å². The molecule has 0 aliphatic carbocycles. The number of hydroxylamine groups is 2. The molecule has 0 aromatic heterocycles. The molecule has 8 heteroatoms. The second-order valence-corrected chi connectivity index (χ2v) is 8.37. The van der Waals surface area contributed by atoms with Crippen LogP contribution in [0.25, 0.3) is 0 Å². The molecule has 31 heavy (non-hydrogen) atoms. The first kappa shape index (κ1) is 24.1. The van der Waals surface area contributed by atoms with Crippen LogP contribution in [0.1, 0.15) is 43.0 Å². The third-order valence-electron chi connectivity index (χ3n) is 4.54. The number of carbonyl (C=O) groups is 2. The van der Waals surface area contributed by atoms with Crippen LogP contribution in [-0.4, -0.2) is 39.0 Å². The average Bonchev–Trinajstić information content (AvgIpc) is 2.60. The number of ether oxygens (including phenoxy) is 1. The number of aliphatic carboxylic acids is 1. The van der Waals surface area contributed by atoms with Crippen LogP contribution in [0.5, 0.6) is 5.75 Å². The Balaban J connectivity index is 2.37. The molecule has 0 aliphatic heterocycles. The first-order valence-corrected chi connectivity index (χ1v) is 9.79. The van der Waals surface area contributed by atoms with Crippen molar-refractivity contribution in [2.24, 2.45) is 0 Å². The summed E-state index contributed by atoms with van der Waals surface area (Å²) in [5, 5.41) is 20.7. The Morgan fingerprint density at radius 3 is 2.13 bits per heavy atom. The van der Waals surface area contributed by atoms with E-state index in [1.165, 1.54) is 24.3 Å². The second-order valence-electron chi connectivity index (χ2n) is 8.37. The molecule has 1 unspecified atom stereocenters. The van der Waals surface area contributed by atoms with Crippen molar-refractivity contribution in [1.29, 1.82) is 0 Å². The van der Waals surface area contributed by atoms with Gasteiger partial charge in [-0.1, -0.05) is 12.1 Å². The van der Waals surface area contributed by atoms with E-state index < -0.39 is 29.6 Å². The fourth-order valence-corrected chi connectivity index (χ4v) is 3.14. The summed E-state index contributed by atoms with van der Waals surface area (Å²) >= 11 is 0. The number of hydrogen-bond acceptors (Lipinski definition) is 6. The van der Waals surface area contributed by atoms with E-state index in [9.17, 15) is 24.2 Å². The van der Waals surface area contributed by atoms with Gasteiger partial charge in [-0.25, -0.2) is 9.18 Å². The molecule has 0 aliphatic rings. The minimum absolute atomic E-state index is 0.0112. The topological polar surface area (TPSA) is 96.3 Å². The molecule has 0 radical (unpaired) electrons. The van der Waals surface area contributed by atoms with Crippen molar-refractivity contribution >= 4 is 12.1 Å². The van der Waals surface area contributed by atoms with Crippen LogP contribution in [0.3, 0.4) is 0 Å². The summed E-state index contributed by atoms with van der Waals surface area (Å²) in [7, 11) is 0. The van der Waals surface area contributed by atoms with Gasteiger partial charge in [-0.3, -0.25) is 4.79 Å². The maximum absolute atomic E-state index is 13.3. The van der Waals surface area contributed by atoms with Gasteiger partial charge < -0.3 is 19.8 Å². The molecule has 0 spiro atoms. The van der Waals surface area contributed by atoms with E-state index in [0.717, 1.165) is 5.06 Å². The summed E-state index contributed by atoms with van der Waals surface area (Å²) in [6, 6.07) is 7.28. The maximum Gasteiger partial charge on any atom is 0.528 e. The van der Waals surface area contributed by atoms with Crippen LogP contribution < -0.4 is 0 Å². The van der Waals surface area contributed by atoms with Gasteiger partial charge in [0.2, 0.25) is 0 Å². The molecule has 2 rings (SSSR count). The van der Waals surface area contributed by atoms with Crippen molar-refractivity contribution in [3.05, 3.63) is 64.5 Å². The van der Waals surface area contributed by atoms with Crippen LogP contribution in [0.4, 0.5) is 9.18 Å². The maximum atomic E-state index is 13.3. The number of carbonyl (C=O) groups excluding carboxylic acids is 1. The summed E-state index contributed by atoms with van der Waals surface area (Å²) in [6.07, 6.45) is -1.03. The monoisotopic (exact) mass is 433 g/mol. The summed E-state index contributed by atoms with van der Waals surface area (Å²) in [4.78, 5) is 29.8. The number of phenols is 1. The molecule has 0 bridgehead atoms. The largest absolute Gasteiger partial charge is 0.528 e. The highest BCUT2D eigenvalue weighted by molar-refractivity contribution is 5.74. The lowest BCUT2D eigenvalue weighted by Gasteiger charge is -2.29. The number of aryl methyl sites for hydroxylation is 2. The summed E-state index contributed by atoms with van der Waals surface area (Å²) in [5.41, 5.74) is 1.85. The predicted molar refractivity (Wildman–Crippen MR) is 112 cm³/mol. The molecule has 0 saturated carbocycles. The number of halogens is 1. The van der Waals surface area contributed by atoms with E-state index in [1.807, 2.05) is 0 Å². The Labute approximate surface area is 181 Å². The number of nitrogens with zero attached hydrogens (tertiary/aromatic N) is 1. The minimum Gasteiger partial charge on any atom is -0.508 e. The molecule has 0 saturated heterocycles. The third kappa shape index (κ3) is 7.25. The Morgan fingerprint density at radius 2 is 1.65 bits per heavy atom. The number of rotatable bonds is 7. The van der Waals surface area contributed by atoms with E-state index in [4.69, 9.17) is 9.57 Å². The number of hydrogen-bond donors (Lipinski definition) is 2. The van der Waals surface area contributed by atoms with Gasteiger partial charge in [-0.15, -0.1) is 5.06 Å².